The summed E-state index contributed by atoms with van der Waals surface area (Å²) in [7, 11) is 0. The van der Waals surface area contributed by atoms with Crippen molar-refractivity contribution in [3.63, 3.8) is 0 Å². The van der Waals surface area contributed by atoms with Crippen molar-refractivity contribution < 1.29 is 9.18 Å². The van der Waals surface area contributed by atoms with E-state index in [9.17, 15) is 9.18 Å². The minimum absolute atomic E-state index is 0.144. The van der Waals surface area contributed by atoms with Gasteiger partial charge in [-0.15, -0.1) is 10.2 Å². The molecule has 1 aromatic carbocycles. The molecule has 1 amide bonds. The third-order valence-electron chi connectivity index (χ3n) is 5.12. The molecule has 142 valence electrons. The number of carbonyl (C=O) groups excluding carboxylic acids is 1. The quantitative estimate of drug-likeness (QED) is 0.808. The number of nitrogens with zero attached hydrogens (tertiary/aromatic N) is 5. The average Bonchev–Trinajstić information content (AvgIpc) is 3.23. The Hall–Kier alpha value is -2.41. The first-order valence-corrected chi connectivity index (χ1v) is 9.57. The predicted molar refractivity (Wildman–Crippen MR) is 103 cm³/mol. The molecule has 3 heterocycles. The number of carbonyl (C=O) groups is 1. The molecule has 6 nitrogen and oxygen atoms in total. The minimum atomic E-state index is -0.447. The van der Waals surface area contributed by atoms with E-state index in [2.05, 4.69) is 20.0 Å². The lowest BCUT2D eigenvalue weighted by Gasteiger charge is -2.35. The van der Waals surface area contributed by atoms with E-state index >= 15 is 0 Å². The molecule has 27 heavy (non-hydrogen) atoms. The summed E-state index contributed by atoms with van der Waals surface area (Å²) >= 11 is 6.02. The van der Waals surface area contributed by atoms with Gasteiger partial charge in [-0.05, 0) is 43.2 Å². The Kier molecular flexibility index (Phi) is 5.11. The summed E-state index contributed by atoms with van der Waals surface area (Å²) in [5, 5.41) is 8.87. The molecule has 0 spiro atoms. The first-order valence-electron chi connectivity index (χ1n) is 9.20. The van der Waals surface area contributed by atoms with Gasteiger partial charge in [0.15, 0.2) is 11.6 Å². The maximum absolute atomic E-state index is 13.2. The summed E-state index contributed by atoms with van der Waals surface area (Å²) < 4.78 is 13.2. The van der Waals surface area contributed by atoms with E-state index in [1.165, 1.54) is 31.0 Å². The molecule has 0 bridgehead atoms. The van der Waals surface area contributed by atoms with E-state index in [0.717, 1.165) is 24.7 Å². The predicted octanol–water partition coefficient (Wildman–Crippen LogP) is 2.83. The molecule has 8 heteroatoms. The van der Waals surface area contributed by atoms with Crippen LogP contribution in [0.1, 0.15) is 23.2 Å². The van der Waals surface area contributed by atoms with E-state index in [1.807, 2.05) is 12.1 Å². The van der Waals surface area contributed by atoms with E-state index in [4.69, 9.17) is 11.6 Å². The monoisotopic (exact) mass is 389 g/mol. The van der Waals surface area contributed by atoms with Crippen molar-refractivity contribution in [3.05, 3.63) is 46.7 Å². The van der Waals surface area contributed by atoms with Gasteiger partial charge in [0.25, 0.3) is 5.91 Å². The topological polar surface area (TPSA) is 52.6 Å². The Bertz CT molecular complexity index is 817. The summed E-state index contributed by atoms with van der Waals surface area (Å²) in [6.45, 7) is 4.54. The van der Waals surface area contributed by atoms with Crippen LogP contribution in [0.25, 0.3) is 0 Å². The SMILES string of the molecule is O=C(c1ccc(F)cc1Cl)N1CCN(c2ccc(N3CCCC3)nn2)CC1. The van der Waals surface area contributed by atoms with E-state index < -0.39 is 5.82 Å². The number of amides is 1. The molecule has 0 saturated carbocycles. The minimum Gasteiger partial charge on any atom is -0.355 e. The molecular formula is C19H21ClFN5O. The summed E-state index contributed by atoms with van der Waals surface area (Å²) in [4.78, 5) is 18.7. The second kappa shape index (κ2) is 7.68. The van der Waals surface area contributed by atoms with Crippen LogP contribution in [0.3, 0.4) is 0 Å². The van der Waals surface area contributed by atoms with Gasteiger partial charge < -0.3 is 14.7 Å². The molecule has 2 fully saturated rings. The number of hydrogen-bond acceptors (Lipinski definition) is 5. The number of hydrogen-bond donors (Lipinski definition) is 0. The highest BCUT2D eigenvalue weighted by Crippen LogP contribution is 2.22. The maximum atomic E-state index is 13.2. The Morgan fingerprint density at radius 2 is 1.48 bits per heavy atom. The number of aromatic nitrogens is 2. The second-order valence-corrected chi connectivity index (χ2v) is 7.25. The molecule has 0 N–H and O–H groups in total. The molecule has 2 aliphatic rings. The van der Waals surface area contributed by atoms with Crippen molar-refractivity contribution in [3.8, 4) is 0 Å². The van der Waals surface area contributed by atoms with Gasteiger partial charge in [0.05, 0.1) is 10.6 Å². The van der Waals surface area contributed by atoms with Crippen LogP contribution < -0.4 is 9.80 Å². The van der Waals surface area contributed by atoms with Crippen molar-refractivity contribution in [1.29, 1.82) is 0 Å². The maximum Gasteiger partial charge on any atom is 0.255 e. The highest BCUT2D eigenvalue weighted by Gasteiger charge is 2.25. The first-order chi connectivity index (χ1) is 13.1. The fraction of sp³-hybridized carbons (Fsp3) is 0.421. The van der Waals surface area contributed by atoms with Crippen LogP contribution in [0.5, 0.6) is 0 Å². The third-order valence-corrected chi connectivity index (χ3v) is 5.43. The van der Waals surface area contributed by atoms with Gasteiger partial charge in [0.1, 0.15) is 5.82 Å². The Morgan fingerprint density at radius 1 is 0.889 bits per heavy atom. The average molecular weight is 390 g/mol. The van der Waals surface area contributed by atoms with Crippen molar-refractivity contribution in [2.24, 2.45) is 0 Å². The van der Waals surface area contributed by atoms with Crippen molar-refractivity contribution in [2.75, 3.05) is 49.1 Å². The van der Waals surface area contributed by atoms with Crippen LogP contribution in [0, 0.1) is 5.82 Å². The number of anilines is 2. The van der Waals surface area contributed by atoms with Gasteiger partial charge >= 0.3 is 0 Å². The first kappa shape index (κ1) is 18.0. The molecule has 0 unspecified atom stereocenters. The zero-order valence-electron chi connectivity index (χ0n) is 14.9. The van der Waals surface area contributed by atoms with Crippen LogP contribution in [0.4, 0.5) is 16.0 Å². The van der Waals surface area contributed by atoms with Gasteiger partial charge in [-0.25, -0.2) is 4.39 Å². The van der Waals surface area contributed by atoms with Crippen LogP contribution in [0.15, 0.2) is 30.3 Å². The fourth-order valence-corrected chi connectivity index (χ4v) is 3.82. The largest absolute Gasteiger partial charge is 0.355 e. The lowest BCUT2D eigenvalue weighted by atomic mass is 10.1. The molecule has 2 aliphatic heterocycles. The summed E-state index contributed by atoms with van der Waals surface area (Å²) in [5.41, 5.74) is 0.335. The van der Waals surface area contributed by atoms with Gasteiger partial charge in [0, 0.05) is 39.3 Å². The molecule has 0 radical (unpaired) electrons. The van der Waals surface area contributed by atoms with E-state index in [0.29, 0.717) is 31.7 Å². The third kappa shape index (κ3) is 3.83. The molecule has 4 rings (SSSR count). The standard InChI is InChI=1S/C19H21ClFN5O/c20-16-13-14(21)3-4-15(16)19(27)26-11-9-25(10-12-26)18-6-5-17(22-23-18)24-7-1-2-8-24/h3-6,13H,1-2,7-12H2. The van der Waals surface area contributed by atoms with Crippen molar-refractivity contribution in [2.45, 2.75) is 12.8 Å². The van der Waals surface area contributed by atoms with Crippen molar-refractivity contribution in [1.82, 2.24) is 15.1 Å². The lowest BCUT2D eigenvalue weighted by molar-refractivity contribution is 0.0746. The van der Waals surface area contributed by atoms with Gasteiger partial charge in [-0.3, -0.25) is 4.79 Å². The highest BCUT2D eigenvalue weighted by molar-refractivity contribution is 6.33. The Balaban J connectivity index is 1.37. The van der Waals surface area contributed by atoms with Crippen LogP contribution in [0.2, 0.25) is 5.02 Å². The molecule has 0 aliphatic carbocycles. The number of piperazine rings is 1. The summed E-state index contributed by atoms with van der Waals surface area (Å²) in [6.07, 6.45) is 2.41. The molecule has 2 saturated heterocycles. The zero-order valence-corrected chi connectivity index (χ0v) is 15.7. The van der Waals surface area contributed by atoms with E-state index in [-0.39, 0.29) is 10.9 Å². The smallest absolute Gasteiger partial charge is 0.255 e. The zero-order chi connectivity index (χ0) is 18.8. The fourth-order valence-electron chi connectivity index (χ4n) is 3.57. The van der Waals surface area contributed by atoms with Crippen LogP contribution in [-0.4, -0.2) is 60.3 Å². The number of benzene rings is 1. The molecule has 1 aromatic heterocycles. The summed E-state index contributed by atoms with van der Waals surface area (Å²) in [6, 6.07) is 7.88. The molecular weight excluding hydrogens is 369 g/mol. The molecule has 0 atom stereocenters. The van der Waals surface area contributed by atoms with Gasteiger partial charge in [-0.1, -0.05) is 11.6 Å². The van der Waals surface area contributed by atoms with Crippen molar-refractivity contribution >= 4 is 29.1 Å². The second-order valence-electron chi connectivity index (χ2n) is 6.85. The van der Waals surface area contributed by atoms with Crippen LogP contribution >= 0.6 is 11.6 Å². The molecule has 2 aromatic rings. The van der Waals surface area contributed by atoms with Crippen LogP contribution in [-0.2, 0) is 0 Å². The van der Waals surface area contributed by atoms with Gasteiger partial charge in [0.2, 0.25) is 0 Å². The number of rotatable bonds is 3. The summed E-state index contributed by atoms with van der Waals surface area (Å²) in [5.74, 6) is 1.13. The Labute approximate surface area is 162 Å². The lowest BCUT2D eigenvalue weighted by Crippen LogP contribution is -2.49. The van der Waals surface area contributed by atoms with E-state index in [1.54, 1.807) is 4.90 Å². The Morgan fingerprint density at radius 3 is 2.04 bits per heavy atom. The number of halogens is 2. The van der Waals surface area contributed by atoms with Gasteiger partial charge in [-0.2, -0.15) is 0 Å². The normalized spacial score (nSPS) is 17.5. The highest BCUT2D eigenvalue weighted by atomic mass is 35.5.